The number of carbonyl (C=O) groups is 1. The first-order valence-electron chi connectivity index (χ1n) is 7.80. The molecule has 1 aromatic rings. The third kappa shape index (κ3) is 3.53. The van der Waals surface area contributed by atoms with E-state index in [1.54, 1.807) is 12.1 Å². The number of unbranched alkanes of at least 4 members (excludes halogenated alkanes) is 1. The summed E-state index contributed by atoms with van der Waals surface area (Å²) in [5.74, 6) is 0.257. The lowest BCUT2D eigenvalue weighted by atomic mass is 9.91. The van der Waals surface area contributed by atoms with Crippen LogP contribution in [-0.2, 0) is 4.79 Å². The molecule has 1 N–H and O–H groups in total. The molecule has 0 saturated carbocycles. The largest absolute Gasteiger partial charge is 0.508 e. The van der Waals surface area contributed by atoms with Crippen LogP contribution in [0.4, 0.5) is 0 Å². The molecule has 1 amide bonds. The van der Waals surface area contributed by atoms with E-state index in [4.69, 9.17) is 0 Å². The number of nitrogens with zero attached hydrogens (tertiary/aromatic N) is 1. The number of hydrogen-bond acceptors (Lipinski definition) is 2. The van der Waals surface area contributed by atoms with Crippen LogP contribution in [-0.4, -0.2) is 29.0 Å². The van der Waals surface area contributed by atoms with E-state index in [1.807, 2.05) is 17.0 Å². The van der Waals surface area contributed by atoms with Crippen molar-refractivity contribution in [2.24, 2.45) is 0 Å². The van der Waals surface area contributed by atoms with Crippen LogP contribution in [0.2, 0.25) is 0 Å². The minimum Gasteiger partial charge on any atom is -0.508 e. The highest BCUT2D eigenvalue weighted by molar-refractivity contribution is 5.84. The maximum Gasteiger partial charge on any atom is 0.230 e. The number of amides is 1. The second-order valence-corrected chi connectivity index (χ2v) is 5.64. The third-order valence-corrected chi connectivity index (χ3v) is 4.12. The van der Waals surface area contributed by atoms with Crippen molar-refractivity contribution in [3.63, 3.8) is 0 Å². The minimum atomic E-state index is -0.186. The predicted octanol–water partition coefficient (Wildman–Crippen LogP) is 3.68. The van der Waals surface area contributed by atoms with Crippen molar-refractivity contribution in [1.82, 2.24) is 4.90 Å². The zero-order chi connectivity index (χ0) is 14.4. The second-order valence-electron chi connectivity index (χ2n) is 5.64. The van der Waals surface area contributed by atoms with E-state index in [1.165, 1.54) is 6.42 Å². The van der Waals surface area contributed by atoms with Gasteiger partial charge in [-0.05, 0) is 31.7 Å². The van der Waals surface area contributed by atoms with Gasteiger partial charge in [0.15, 0.2) is 0 Å². The topological polar surface area (TPSA) is 40.5 Å². The van der Waals surface area contributed by atoms with Gasteiger partial charge in [0.05, 0.1) is 5.92 Å². The van der Waals surface area contributed by atoms with Crippen LogP contribution < -0.4 is 0 Å². The fraction of sp³-hybridized carbons (Fsp3) is 0.588. The molecule has 3 heteroatoms. The molecule has 20 heavy (non-hydrogen) atoms. The maximum atomic E-state index is 12.8. The molecule has 0 bridgehead atoms. The number of piperidine rings is 1. The lowest BCUT2D eigenvalue weighted by molar-refractivity contribution is -0.134. The summed E-state index contributed by atoms with van der Waals surface area (Å²) in [6.07, 6.45) is 6.33. The Morgan fingerprint density at radius 1 is 1.25 bits per heavy atom. The van der Waals surface area contributed by atoms with Crippen molar-refractivity contribution in [3.8, 4) is 5.75 Å². The number of para-hydroxylation sites is 1. The van der Waals surface area contributed by atoms with Crippen molar-refractivity contribution in [2.45, 2.75) is 51.4 Å². The molecule has 110 valence electrons. The van der Waals surface area contributed by atoms with Gasteiger partial charge in [-0.2, -0.15) is 0 Å². The summed E-state index contributed by atoms with van der Waals surface area (Å²) >= 11 is 0. The van der Waals surface area contributed by atoms with Crippen molar-refractivity contribution in [2.75, 3.05) is 13.1 Å². The lowest BCUT2D eigenvalue weighted by Gasteiger charge is -2.31. The maximum absolute atomic E-state index is 12.8. The van der Waals surface area contributed by atoms with Crippen LogP contribution in [0, 0.1) is 0 Å². The second kappa shape index (κ2) is 7.32. The van der Waals surface area contributed by atoms with Crippen LogP contribution >= 0.6 is 0 Å². The average Bonchev–Trinajstić information content (AvgIpc) is 2.50. The fourth-order valence-electron chi connectivity index (χ4n) is 2.94. The molecule has 3 nitrogen and oxygen atoms in total. The minimum absolute atomic E-state index is 0.186. The predicted molar refractivity (Wildman–Crippen MR) is 80.8 cm³/mol. The lowest BCUT2D eigenvalue weighted by Crippen LogP contribution is -2.38. The van der Waals surface area contributed by atoms with Gasteiger partial charge in [-0.3, -0.25) is 4.79 Å². The molecular weight excluding hydrogens is 250 g/mol. The van der Waals surface area contributed by atoms with E-state index in [-0.39, 0.29) is 17.6 Å². The van der Waals surface area contributed by atoms with Gasteiger partial charge in [0.1, 0.15) is 5.75 Å². The number of phenols is 1. The summed E-state index contributed by atoms with van der Waals surface area (Å²) in [6.45, 7) is 3.87. The number of hydrogen-bond donors (Lipinski definition) is 1. The van der Waals surface area contributed by atoms with E-state index in [2.05, 4.69) is 6.92 Å². The van der Waals surface area contributed by atoms with Gasteiger partial charge < -0.3 is 10.0 Å². The summed E-state index contributed by atoms with van der Waals surface area (Å²) in [7, 11) is 0. The van der Waals surface area contributed by atoms with Gasteiger partial charge in [0.2, 0.25) is 5.91 Å². The molecule has 0 aliphatic carbocycles. The summed E-state index contributed by atoms with van der Waals surface area (Å²) in [5, 5.41) is 10.1. The van der Waals surface area contributed by atoms with Gasteiger partial charge >= 0.3 is 0 Å². The molecule has 1 aromatic carbocycles. The molecule has 1 heterocycles. The molecule has 1 unspecified atom stereocenters. The Kier molecular flexibility index (Phi) is 5.45. The molecule has 2 rings (SSSR count). The van der Waals surface area contributed by atoms with Crippen LogP contribution in [0.5, 0.6) is 5.75 Å². The molecule has 1 fully saturated rings. The fourth-order valence-corrected chi connectivity index (χ4v) is 2.94. The quantitative estimate of drug-likeness (QED) is 0.890. The van der Waals surface area contributed by atoms with E-state index in [0.717, 1.165) is 50.8 Å². The smallest absolute Gasteiger partial charge is 0.230 e. The van der Waals surface area contributed by atoms with E-state index < -0.39 is 0 Å². The summed E-state index contributed by atoms with van der Waals surface area (Å²) in [5.41, 5.74) is 0.788. The molecular formula is C17H25NO2. The Bertz CT molecular complexity index is 438. The van der Waals surface area contributed by atoms with Crippen molar-refractivity contribution in [3.05, 3.63) is 29.8 Å². The molecule has 1 aliphatic heterocycles. The molecule has 0 radical (unpaired) electrons. The van der Waals surface area contributed by atoms with Gasteiger partial charge in [-0.15, -0.1) is 0 Å². The van der Waals surface area contributed by atoms with Crippen LogP contribution in [0.1, 0.15) is 56.9 Å². The standard InChI is InChI=1S/C17H25NO2/c1-2-3-9-15(14-10-5-6-11-16(14)19)17(20)18-12-7-4-8-13-18/h5-6,10-11,15,19H,2-4,7-9,12-13H2,1H3. The Hall–Kier alpha value is -1.51. The highest BCUT2D eigenvalue weighted by Gasteiger charge is 2.28. The number of carbonyl (C=O) groups excluding carboxylic acids is 1. The van der Waals surface area contributed by atoms with Gasteiger partial charge in [0.25, 0.3) is 0 Å². The zero-order valence-corrected chi connectivity index (χ0v) is 12.3. The summed E-state index contributed by atoms with van der Waals surface area (Å²) in [6, 6.07) is 7.27. The van der Waals surface area contributed by atoms with Gasteiger partial charge in [0, 0.05) is 18.7 Å². The highest BCUT2D eigenvalue weighted by Crippen LogP contribution is 2.31. The van der Waals surface area contributed by atoms with Crippen molar-refractivity contribution < 1.29 is 9.90 Å². The highest BCUT2D eigenvalue weighted by atomic mass is 16.3. The van der Waals surface area contributed by atoms with E-state index in [9.17, 15) is 9.90 Å². The molecule has 1 saturated heterocycles. The third-order valence-electron chi connectivity index (χ3n) is 4.12. The van der Waals surface area contributed by atoms with E-state index in [0.29, 0.717) is 0 Å². The average molecular weight is 275 g/mol. The van der Waals surface area contributed by atoms with Gasteiger partial charge in [-0.25, -0.2) is 0 Å². The summed E-state index contributed by atoms with van der Waals surface area (Å²) < 4.78 is 0. The Morgan fingerprint density at radius 3 is 2.60 bits per heavy atom. The summed E-state index contributed by atoms with van der Waals surface area (Å²) in [4.78, 5) is 14.8. The number of phenolic OH excluding ortho intramolecular Hbond substituents is 1. The first-order chi connectivity index (χ1) is 9.74. The number of rotatable bonds is 5. The van der Waals surface area contributed by atoms with Crippen molar-refractivity contribution in [1.29, 1.82) is 0 Å². The van der Waals surface area contributed by atoms with Gasteiger partial charge in [-0.1, -0.05) is 38.0 Å². The number of likely N-dealkylation sites (tertiary alicyclic amines) is 1. The first kappa shape index (κ1) is 14.9. The van der Waals surface area contributed by atoms with E-state index >= 15 is 0 Å². The Labute approximate surface area is 121 Å². The molecule has 1 atom stereocenters. The number of aromatic hydroxyl groups is 1. The Morgan fingerprint density at radius 2 is 1.95 bits per heavy atom. The molecule has 0 aromatic heterocycles. The normalized spacial score (nSPS) is 16.9. The first-order valence-corrected chi connectivity index (χ1v) is 7.80. The zero-order valence-electron chi connectivity index (χ0n) is 12.3. The molecule has 0 spiro atoms. The number of benzene rings is 1. The van der Waals surface area contributed by atoms with Crippen LogP contribution in [0.15, 0.2) is 24.3 Å². The van der Waals surface area contributed by atoms with Crippen LogP contribution in [0.3, 0.4) is 0 Å². The van der Waals surface area contributed by atoms with Crippen molar-refractivity contribution >= 4 is 5.91 Å². The monoisotopic (exact) mass is 275 g/mol. The Balaban J connectivity index is 2.18. The molecule has 1 aliphatic rings. The SMILES string of the molecule is CCCCC(C(=O)N1CCCCC1)c1ccccc1O. The van der Waals surface area contributed by atoms with Crippen LogP contribution in [0.25, 0.3) is 0 Å².